The summed E-state index contributed by atoms with van der Waals surface area (Å²) >= 11 is 5.91. The van der Waals surface area contributed by atoms with Gasteiger partial charge in [-0.15, -0.1) is 0 Å². The van der Waals surface area contributed by atoms with Gasteiger partial charge < -0.3 is 14.5 Å². The molecule has 0 saturated carbocycles. The minimum Gasteiger partial charge on any atom is -0.444 e. The second-order valence-corrected chi connectivity index (χ2v) is 7.16. The van der Waals surface area contributed by atoms with Gasteiger partial charge in [-0.25, -0.2) is 14.8 Å². The Kier molecular flexibility index (Phi) is 4.19. The lowest BCUT2D eigenvalue weighted by Crippen LogP contribution is -2.51. The van der Waals surface area contributed by atoms with E-state index in [-0.39, 0.29) is 6.09 Å². The van der Waals surface area contributed by atoms with Gasteiger partial charge in [-0.3, -0.25) is 0 Å². The molecule has 0 radical (unpaired) electrons. The number of piperazine rings is 1. The van der Waals surface area contributed by atoms with Crippen molar-refractivity contribution in [2.75, 3.05) is 26.2 Å². The Balaban J connectivity index is 1.58. The van der Waals surface area contributed by atoms with Crippen LogP contribution in [0.25, 0.3) is 0 Å². The first-order chi connectivity index (χ1) is 10.8. The van der Waals surface area contributed by atoms with Crippen molar-refractivity contribution in [1.29, 1.82) is 0 Å². The largest absolute Gasteiger partial charge is 0.444 e. The van der Waals surface area contributed by atoms with Crippen molar-refractivity contribution < 1.29 is 9.53 Å². The molecule has 23 heavy (non-hydrogen) atoms. The van der Waals surface area contributed by atoms with Gasteiger partial charge in [0.1, 0.15) is 16.6 Å². The number of pyridine rings is 1. The van der Waals surface area contributed by atoms with Crippen molar-refractivity contribution in [3.8, 4) is 0 Å². The number of amides is 1. The van der Waals surface area contributed by atoms with Gasteiger partial charge >= 0.3 is 6.09 Å². The lowest BCUT2D eigenvalue weighted by Gasteiger charge is -2.36. The summed E-state index contributed by atoms with van der Waals surface area (Å²) in [6.45, 7) is 8.41. The van der Waals surface area contributed by atoms with Crippen LogP contribution in [0.5, 0.6) is 0 Å². The fourth-order valence-electron chi connectivity index (χ4n) is 2.68. The maximum absolute atomic E-state index is 12.1. The topological polar surface area (TPSA) is 58.0 Å². The predicted molar refractivity (Wildman–Crippen MR) is 89.4 cm³/mol. The molecule has 1 aromatic heterocycles. The molecule has 1 aromatic rings. The maximum atomic E-state index is 12.1. The van der Waals surface area contributed by atoms with E-state index in [0.29, 0.717) is 24.1 Å². The number of carbonyl (C=O) groups is 1. The van der Waals surface area contributed by atoms with Crippen LogP contribution in [0.1, 0.15) is 26.3 Å². The van der Waals surface area contributed by atoms with Gasteiger partial charge in [0.25, 0.3) is 0 Å². The summed E-state index contributed by atoms with van der Waals surface area (Å²) in [7, 11) is 0. The molecule has 0 N–H and O–H groups in total. The van der Waals surface area contributed by atoms with Crippen LogP contribution in [0.3, 0.4) is 0 Å². The number of rotatable bonds is 0. The number of hydrogen-bond donors (Lipinski definition) is 0. The van der Waals surface area contributed by atoms with E-state index in [1.165, 1.54) is 0 Å². The van der Waals surface area contributed by atoms with Crippen molar-refractivity contribution >= 4 is 29.3 Å². The quantitative estimate of drug-likeness (QED) is 0.683. The molecule has 0 aliphatic carbocycles. The summed E-state index contributed by atoms with van der Waals surface area (Å²) in [6.07, 6.45) is 0.522. The van der Waals surface area contributed by atoms with E-state index in [1.807, 2.05) is 26.8 Å². The van der Waals surface area contributed by atoms with Gasteiger partial charge in [0, 0.05) is 38.2 Å². The van der Waals surface area contributed by atoms with Crippen molar-refractivity contribution in [3.63, 3.8) is 0 Å². The molecule has 7 heteroatoms. The molecule has 0 atom stereocenters. The van der Waals surface area contributed by atoms with Crippen LogP contribution < -0.4 is 0 Å². The molecule has 2 aliphatic rings. The maximum Gasteiger partial charge on any atom is 0.410 e. The fraction of sp³-hybridized carbons (Fsp3) is 0.562. The number of hydrogen-bond acceptors (Lipinski definition) is 5. The Labute approximate surface area is 141 Å². The molecule has 0 unspecified atom stereocenters. The van der Waals surface area contributed by atoms with Crippen molar-refractivity contribution in [3.05, 3.63) is 22.8 Å². The Hall–Kier alpha value is -1.82. The highest BCUT2D eigenvalue weighted by atomic mass is 35.5. The Morgan fingerprint density at radius 2 is 1.91 bits per heavy atom. The number of carbonyl (C=O) groups excluding carboxylic acids is 1. The van der Waals surface area contributed by atoms with Crippen LogP contribution >= 0.6 is 11.6 Å². The van der Waals surface area contributed by atoms with Gasteiger partial charge in [0.05, 0.1) is 0 Å². The summed E-state index contributed by atoms with van der Waals surface area (Å²) in [4.78, 5) is 24.9. The second-order valence-electron chi connectivity index (χ2n) is 6.78. The Bertz CT molecular complexity index is 646. The average Bonchev–Trinajstić information content (AvgIpc) is 2.88. The molecular formula is C16H21ClN4O2. The highest BCUT2D eigenvalue weighted by Crippen LogP contribution is 2.27. The molecule has 1 amide bonds. The van der Waals surface area contributed by atoms with E-state index in [0.717, 1.165) is 30.9 Å². The first kappa shape index (κ1) is 16.1. The van der Waals surface area contributed by atoms with Crippen LogP contribution in [0, 0.1) is 0 Å². The molecule has 1 saturated heterocycles. The van der Waals surface area contributed by atoms with Crippen LogP contribution in [0.4, 0.5) is 10.6 Å². The normalized spacial score (nSPS) is 17.8. The number of nitrogens with zero attached hydrogens (tertiary/aromatic N) is 4. The average molecular weight is 337 g/mol. The van der Waals surface area contributed by atoms with Gasteiger partial charge in [-0.2, -0.15) is 0 Å². The Morgan fingerprint density at radius 3 is 2.57 bits per heavy atom. The third-order valence-corrected chi connectivity index (χ3v) is 4.01. The minimum absolute atomic E-state index is 0.248. The summed E-state index contributed by atoms with van der Waals surface area (Å²) in [5, 5.41) is 0.462. The highest BCUT2D eigenvalue weighted by molar-refractivity contribution is 6.29. The molecule has 6 nitrogen and oxygen atoms in total. The van der Waals surface area contributed by atoms with Gasteiger partial charge in [0.15, 0.2) is 5.82 Å². The van der Waals surface area contributed by atoms with E-state index >= 15 is 0 Å². The monoisotopic (exact) mass is 336 g/mol. The Morgan fingerprint density at radius 1 is 1.22 bits per heavy atom. The van der Waals surface area contributed by atoms with Gasteiger partial charge in [-0.1, -0.05) is 17.7 Å². The van der Waals surface area contributed by atoms with E-state index in [1.54, 1.807) is 11.0 Å². The van der Waals surface area contributed by atoms with Gasteiger partial charge in [-0.05, 0) is 26.8 Å². The lowest BCUT2D eigenvalue weighted by atomic mass is 10.2. The zero-order valence-corrected chi connectivity index (χ0v) is 14.4. The standard InChI is InChI=1S/C16H21ClN4O2/c1-16(2,3)23-15(22)21-8-6-20(7-9-21)13-10-11-4-5-12(17)18-14(11)19-13/h4-5H,6-10H2,1-3H3. The fourth-order valence-corrected chi connectivity index (χ4v) is 2.82. The van der Waals surface area contributed by atoms with E-state index in [4.69, 9.17) is 16.3 Å². The second kappa shape index (κ2) is 6.00. The number of amidine groups is 1. The highest BCUT2D eigenvalue weighted by Gasteiger charge is 2.28. The summed E-state index contributed by atoms with van der Waals surface area (Å²) in [5.74, 6) is 1.71. The van der Waals surface area contributed by atoms with Crippen molar-refractivity contribution in [1.82, 2.24) is 14.8 Å². The number of aliphatic imine (C=N–C) groups is 1. The zero-order valence-electron chi connectivity index (χ0n) is 13.7. The molecular weight excluding hydrogens is 316 g/mol. The molecule has 0 spiro atoms. The molecule has 124 valence electrons. The number of ether oxygens (including phenoxy) is 1. The third kappa shape index (κ3) is 3.75. The van der Waals surface area contributed by atoms with E-state index < -0.39 is 5.60 Å². The summed E-state index contributed by atoms with van der Waals surface area (Å²) in [6, 6.07) is 3.76. The number of fused-ring (bicyclic) bond motifs is 1. The van der Waals surface area contributed by atoms with E-state index in [9.17, 15) is 4.79 Å². The smallest absolute Gasteiger partial charge is 0.410 e. The first-order valence-electron chi connectivity index (χ1n) is 7.78. The third-order valence-electron chi connectivity index (χ3n) is 3.80. The summed E-state index contributed by atoms with van der Waals surface area (Å²) in [5.41, 5.74) is 0.634. The molecule has 0 aromatic carbocycles. The molecule has 2 aliphatic heterocycles. The zero-order chi connectivity index (χ0) is 16.6. The molecule has 0 bridgehead atoms. The van der Waals surface area contributed by atoms with Crippen LogP contribution in [-0.4, -0.2) is 58.5 Å². The SMILES string of the molecule is CC(C)(C)OC(=O)N1CCN(C2=Nc3nc(Cl)ccc3C2)CC1. The predicted octanol–water partition coefficient (Wildman–Crippen LogP) is 2.87. The summed E-state index contributed by atoms with van der Waals surface area (Å²) < 4.78 is 5.42. The van der Waals surface area contributed by atoms with Gasteiger partial charge in [0.2, 0.25) is 0 Å². The van der Waals surface area contributed by atoms with Crippen LogP contribution in [-0.2, 0) is 11.2 Å². The lowest BCUT2D eigenvalue weighted by molar-refractivity contribution is 0.0186. The number of halogens is 1. The molecule has 3 rings (SSSR count). The number of aromatic nitrogens is 1. The van der Waals surface area contributed by atoms with Crippen LogP contribution in [0.2, 0.25) is 5.15 Å². The minimum atomic E-state index is -0.462. The van der Waals surface area contributed by atoms with Crippen LogP contribution in [0.15, 0.2) is 17.1 Å². The first-order valence-corrected chi connectivity index (χ1v) is 8.15. The molecule has 3 heterocycles. The van der Waals surface area contributed by atoms with Crippen molar-refractivity contribution in [2.24, 2.45) is 4.99 Å². The van der Waals surface area contributed by atoms with Crippen molar-refractivity contribution in [2.45, 2.75) is 32.8 Å². The molecule has 1 fully saturated rings. The van der Waals surface area contributed by atoms with E-state index in [2.05, 4.69) is 14.9 Å².